The van der Waals surface area contributed by atoms with Gasteiger partial charge in [0, 0.05) is 24.5 Å². The second-order valence-corrected chi connectivity index (χ2v) is 4.73. The van der Waals surface area contributed by atoms with Crippen molar-refractivity contribution in [2.24, 2.45) is 0 Å². The van der Waals surface area contributed by atoms with Crippen LogP contribution in [0.2, 0.25) is 5.02 Å². The number of fused-ring (bicyclic) bond motifs is 1. The van der Waals surface area contributed by atoms with Crippen molar-refractivity contribution < 1.29 is 9.72 Å². The van der Waals surface area contributed by atoms with Crippen molar-refractivity contribution in [1.29, 1.82) is 0 Å². The summed E-state index contributed by atoms with van der Waals surface area (Å²) in [5, 5.41) is 17.3. The summed E-state index contributed by atoms with van der Waals surface area (Å²) in [7, 11) is 0. The summed E-state index contributed by atoms with van der Waals surface area (Å²) in [5.41, 5.74) is 0.793. The van der Waals surface area contributed by atoms with Gasteiger partial charge in [-0.15, -0.1) is 0 Å². The van der Waals surface area contributed by atoms with Crippen molar-refractivity contribution >= 4 is 34.5 Å². The Labute approximate surface area is 128 Å². The zero-order chi connectivity index (χ0) is 15.7. The first-order valence-electron chi connectivity index (χ1n) is 6.10. The highest BCUT2D eigenvalue weighted by Crippen LogP contribution is 2.27. The summed E-state index contributed by atoms with van der Waals surface area (Å²) in [6.07, 6.45) is 4.60. The number of nitro groups is 1. The van der Waals surface area contributed by atoms with E-state index >= 15 is 0 Å². The maximum atomic E-state index is 12.3. The lowest BCUT2D eigenvalue weighted by Crippen LogP contribution is -2.12. The van der Waals surface area contributed by atoms with E-state index in [1.807, 2.05) is 0 Å². The van der Waals surface area contributed by atoms with Crippen LogP contribution in [0.5, 0.6) is 0 Å². The number of anilines is 1. The molecule has 3 aromatic rings. The van der Waals surface area contributed by atoms with Crippen LogP contribution in [0.3, 0.4) is 0 Å². The topological polar surface area (TPSA) is 102 Å². The van der Waals surface area contributed by atoms with E-state index in [9.17, 15) is 14.9 Å². The average Bonchev–Trinajstić information content (AvgIpc) is 2.93. The number of hydrogen-bond donors (Lipinski definition) is 1. The Kier molecular flexibility index (Phi) is 3.43. The van der Waals surface area contributed by atoms with Crippen molar-refractivity contribution in [2.75, 3.05) is 5.32 Å². The normalized spacial score (nSPS) is 10.6. The summed E-state index contributed by atoms with van der Waals surface area (Å²) in [6.45, 7) is 0. The molecule has 3 rings (SSSR count). The van der Waals surface area contributed by atoms with Crippen LogP contribution in [0.15, 0.2) is 42.9 Å². The third kappa shape index (κ3) is 2.47. The average molecular weight is 318 g/mol. The van der Waals surface area contributed by atoms with Crippen molar-refractivity contribution in [3.63, 3.8) is 0 Å². The number of amides is 1. The molecule has 0 saturated heterocycles. The molecule has 1 N–H and O–H groups in total. The predicted octanol–water partition coefficient (Wildman–Crippen LogP) is 2.54. The maximum absolute atomic E-state index is 12.3. The molecule has 0 atom stereocenters. The molecule has 2 heterocycles. The van der Waals surface area contributed by atoms with Crippen molar-refractivity contribution in [3.8, 4) is 0 Å². The van der Waals surface area contributed by atoms with Gasteiger partial charge in [-0.05, 0) is 12.1 Å². The monoisotopic (exact) mass is 317 g/mol. The molecule has 22 heavy (non-hydrogen) atoms. The summed E-state index contributed by atoms with van der Waals surface area (Å²) < 4.78 is 1.46. The first-order valence-corrected chi connectivity index (χ1v) is 6.48. The van der Waals surface area contributed by atoms with Gasteiger partial charge >= 0.3 is 0 Å². The Balaban J connectivity index is 1.90. The minimum absolute atomic E-state index is 0.0759. The van der Waals surface area contributed by atoms with Gasteiger partial charge in [-0.2, -0.15) is 5.10 Å². The number of carbonyl (C=O) groups excluding carboxylic acids is 1. The van der Waals surface area contributed by atoms with E-state index in [2.05, 4.69) is 15.4 Å². The van der Waals surface area contributed by atoms with Gasteiger partial charge in [-0.25, -0.2) is 9.50 Å². The van der Waals surface area contributed by atoms with E-state index < -0.39 is 10.8 Å². The van der Waals surface area contributed by atoms with Crippen molar-refractivity contribution in [3.05, 3.63) is 63.6 Å². The standard InChI is InChI=1S/C13H8ClN5O3/c14-10-6-8(19(21)22)2-3-11(10)17-13(20)9-7-16-18-5-1-4-15-12(9)18/h1-7H,(H,17,20). The molecule has 0 spiro atoms. The predicted molar refractivity (Wildman–Crippen MR) is 79.0 cm³/mol. The second kappa shape index (κ2) is 5.41. The van der Waals surface area contributed by atoms with E-state index in [0.717, 1.165) is 0 Å². The zero-order valence-corrected chi connectivity index (χ0v) is 11.7. The van der Waals surface area contributed by atoms with E-state index in [1.54, 1.807) is 18.5 Å². The Morgan fingerprint density at radius 2 is 2.23 bits per heavy atom. The molecule has 0 bridgehead atoms. The minimum Gasteiger partial charge on any atom is -0.320 e. The van der Waals surface area contributed by atoms with Crippen LogP contribution in [0.4, 0.5) is 11.4 Å². The molecule has 0 aliphatic rings. The lowest BCUT2D eigenvalue weighted by atomic mass is 10.2. The van der Waals surface area contributed by atoms with Crippen LogP contribution < -0.4 is 5.32 Å². The third-order valence-electron chi connectivity index (χ3n) is 2.94. The SMILES string of the molecule is O=C(Nc1ccc([N+](=O)[O-])cc1Cl)c1cnn2cccnc12. The van der Waals surface area contributed by atoms with Crippen molar-refractivity contribution in [1.82, 2.24) is 14.6 Å². The molecule has 0 aliphatic carbocycles. The molecular formula is C13H8ClN5O3. The lowest BCUT2D eigenvalue weighted by molar-refractivity contribution is -0.384. The molecule has 0 saturated carbocycles. The van der Waals surface area contributed by atoms with Crippen LogP contribution in [0, 0.1) is 10.1 Å². The number of aromatic nitrogens is 3. The van der Waals surface area contributed by atoms with Gasteiger partial charge in [0.1, 0.15) is 5.56 Å². The maximum Gasteiger partial charge on any atom is 0.271 e. The highest BCUT2D eigenvalue weighted by molar-refractivity contribution is 6.34. The molecule has 0 radical (unpaired) electrons. The fourth-order valence-corrected chi connectivity index (χ4v) is 2.12. The van der Waals surface area contributed by atoms with Crippen LogP contribution in [-0.2, 0) is 0 Å². The molecule has 9 heteroatoms. The Hall–Kier alpha value is -3.00. The first kappa shape index (κ1) is 14.0. The largest absolute Gasteiger partial charge is 0.320 e. The number of nitrogens with zero attached hydrogens (tertiary/aromatic N) is 4. The van der Waals surface area contributed by atoms with Crippen LogP contribution in [-0.4, -0.2) is 25.4 Å². The molecule has 8 nitrogen and oxygen atoms in total. The van der Waals surface area contributed by atoms with Crippen molar-refractivity contribution in [2.45, 2.75) is 0 Å². The van der Waals surface area contributed by atoms with E-state index in [4.69, 9.17) is 11.6 Å². The fraction of sp³-hybridized carbons (Fsp3) is 0. The van der Waals surface area contributed by atoms with Gasteiger partial charge in [-0.1, -0.05) is 11.6 Å². The summed E-state index contributed by atoms with van der Waals surface area (Å²) in [4.78, 5) is 26.4. The Morgan fingerprint density at radius 1 is 1.41 bits per heavy atom. The van der Waals surface area contributed by atoms with Crippen LogP contribution >= 0.6 is 11.6 Å². The van der Waals surface area contributed by atoms with Gasteiger partial charge in [0.05, 0.1) is 21.8 Å². The van der Waals surface area contributed by atoms with Gasteiger partial charge in [0.15, 0.2) is 5.65 Å². The highest BCUT2D eigenvalue weighted by Gasteiger charge is 2.16. The number of halogens is 1. The van der Waals surface area contributed by atoms with Gasteiger partial charge in [0.2, 0.25) is 0 Å². The van der Waals surface area contributed by atoms with Crippen LogP contribution in [0.25, 0.3) is 5.65 Å². The number of benzene rings is 1. The third-order valence-corrected chi connectivity index (χ3v) is 3.25. The first-order chi connectivity index (χ1) is 10.6. The van der Waals surface area contributed by atoms with Gasteiger partial charge in [-0.3, -0.25) is 14.9 Å². The highest BCUT2D eigenvalue weighted by atomic mass is 35.5. The van der Waals surface area contributed by atoms with Gasteiger partial charge in [0.25, 0.3) is 11.6 Å². The summed E-state index contributed by atoms with van der Waals surface area (Å²) in [6, 6.07) is 5.49. The molecule has 0 unspecified atom stereocenters. The fourth-order valence-electron chi connectivity index (χ4n) is 1.90. The number of carbonyl (C=O) groups is 1. The quantitative estimate of drug-likeness (QED) is 0.590. The molecule has 110 valence electrons. The second-order valence-electron chi connectivity index (χ2n) is 4.32. The molecule has 1 aromatic carbocycles. The number of hydrogen-bond acceptors (Lipinski definition) is 5. The Bertz CT molecular complexity index is 892. The summed E-state index contributed by atoms with van der Waals surface area (Å²) >= 11 is 5.94. The van der Waals surface area contributed by atoms with Gasteiger partial charge < -0.3 is 5.32 Å². The minimum atomic E-state index is -0.563. The molecule has 0 fully saturated rings. The number of nitro benzene ring substituents is 1. The molecular weight excluding hydrogens is 310 g/mol. The number of rotatable bonds is 3. The Morgan fingerprint density at radius 3 is 2.95 bits per heavy atom. The van der Waals surface area contributed by atoms with E-state index in [-0.39, 0.29) is 22.0 Å². The van der Waals surface area contributed by atoms with Crippen LogP contribution in [0.1, 0.15) is 10.4 Å². The lowest BCUT2D eigenvalue weighted by Gasteiger charge is -2.06. The number of non-ortho nitro benzene ring substituents is 1. The molecule has 0 aliphatic heterocycles. The van der Waals surface area contributed by atoms with E-state index in [1.165, 1.54) is 28.9 Å². The number of nitrogens with one attached hydrogen (secondary N) is 1. The molecule has 2 aromatic heterocycles. The summed E-state index contributed by atoms with van der Waals surface area (Å²) in [5.74, 6) is -0.454. The van der Waals surface area contributed by atoms with E-state index in [0.29, 0.717) is 5.65 Å². The molecule has 1 amide bonds. The smallest absolute Gasteiger partial charge is 0.271 e. The zero-order valence-electron chi connectivity index (χ0n) is 10.9.